The molecule has 4 N–H and O–H groups in total. The van der Waals surface area contributed by atoms with Crippen molar-refractivity contribution in [3.8, 4) is 0 Å². The quantitative estimate of drug-likeness (QED) is 0.640. The van der Waals surface area contributed by atoms with Crippen molar-refractivity contribution >= 4 is 23.3 Å². The molecule has 1 amide bonds. The summed E-state index contributed by atoms with van der Waals surface area (Å²) in [6.45, 7) is 3.38. The Morgan fingerprint density at radius 1 is 1.43 bits per heavy atom. The van der Waals surface area contributed by atoms with Crippen molar-refractivity contribution in [3.63, 3.8) is 0 Å². The molecule has 0 radical (unpaired) electrons. The second-order valence-corrected chi connectivity index (χ2v) is 5.15. The molecule has 6 nitrogen and oxygen atoms in total. The predicted molar refractivity (Wildman–Crippen MR) is 80.9 cm³/mol. The van der Waals surface area contributed by atoms with Gasteiger partial charge in [0, 0.05) is 13.1 Å². The Labute approximate surface area is 124 Å². The molecule has 0 aliphatic carbocycles. The lowest BCUT2D eigenvalue weighted by molar-refractivity contribution is -0.122. The summed E-state index contributed by atoms with van der Waals surface area (Å²) < 4.78 is 5.00. The fourth-order valence-electron chi connectivity index (χ4n) is 2.64. The third-order valence-corrected chi connectivity index (χ3v) is 3.74. The molecule has 1 saturated heterocycles. The first kappa shape index (κ1) is 15.2. The minimum atomic E-state index is -0.430. The lowest BCUT2D eigenvalue weighted by Gasteiger charge is -2.34. The molecule has 21 heavy (non-hydrogen) atoms. The first-order valence-electron chi connectivity index (χ1n) is 7.14. The molecular weight excluding hydrogens is 270 g/mol. The molecule has 1 unspecified atom stereocenters. The number of carbonyl (C=O) groups is 2. The Bertz CT molecular complexity index is 545. The molecule has 1 fully saturated rings. The fraction of sp³-hybridized carbons (Fsp3) is 0.467. The third-order valence-electron chi connectivity index (χ3n) is 3.74. The SMILES string of the molecule is CCOC(=O)c1cccc(N2CCCC(C(N)=O)C2)c1N. The van der Waals surface area contributed by atoms with Crippen LogP contribution in [0.1, 0.15) is 30.1 Å². The van der Waals surface area contributed by atoms with Gasteiger partial charge < -0.3 is 21.1 Å². The summed E-state index contributed by atoms with van der Waals surface area (Å²) in [5.74, 6) is -0.899. The first-order chi connectivity index (χ1) is 10.0. The summed E-state index contributed by atoms with van der Waals surface area (Å²) >= 11 is 0. The number of carbonyl (C=O) groups excluding carboxylic acids is 2. The molecule has 0 bridgehead atoms. The first-order valence-corrected chi connectivity index (χ1v) is 7.14. The monoisotopic (exact) mass is 291 g/mol. The maximum Gasteiger partial charge on any atom is 0.340 e. The van der Waals surface area contributed by atoms with E-state index in [0.717, 1.165) is 25.1 Å². The zero-order valence-electron chi connectivity index (χ0n) is 12.2. The van der Waals surface area contributed by atoms with E-state index in [-0.39, 0.29) is 11.8 Å². The number of benzene rings is 1. The zero-order valence-corrected chi connectivity index (χ0v) is 12.2. The number of rotatable bonds is 4. The lowest BCUT2D eigenvalue weighted by Crippen LogP contribution is -2.41. The molecule has 0 saturated carbocycles. The Morgan fingerprint density at radius 3 is 2.86 bits per heavy atom. The van der Waals surface area contributed by atoms with E-state index in [1.165, 1.54) is 0 Å². The molecule has 1 aliphatic heterocycles. The Kier molecular flexibility index (Phi) is 4.67. The van der Waals surface area contributed by atoms with Crippen LogP contribution in [-0.2, 0) is 9.53 Å². The largest absolute Gasteiger partial charge is 0.462 e. The molecule has 0 spiro atoms. The van der Waals surface area contributed by atoms with E-state index in [4.69, 9.17) is 16.2 Å². The highest BCUT2D eigenvalue weighted by atomic mass is 16.5. The van der Waals surface area contributed by atoms with Gasteiger partial charge in [0.15, 0.2) is 0 Å². The number of para-hydroxylation sites is 1. The van der Waals surface area contributed by atoms with E-state index in [1.54, 1.807) is 19.1 Å². The Balaban J connectivity index is 2.25. The highest BCUT2D eigenvalue weighted by Gasteiger charge is 2.26. The van der Waals surface area contributed by atoms with Crippen LogP contribution in [0.25, 0.3) is 0 Å². The van der Waals surface area contributed by atoms with Crippen LogP contribution in [0.15, 0.2) is 18.2 Å². The van der Waals surface area contributed by atoms with Crippen LogP contribution < -0.4 is 16.4 Å². The van der Waals surface area contributed by atoms with Gasteiger partial charge in [-0.2, -0.15) is 0 Å². The summed E-state index contributed by atoms with van der Waals surface area (Å²) in [4.78, 5) is 25.3. The van der Waals surface area contributed by atoms with E-state index in [0.29, 0.717) is 24.4 Å². The number of hydrogen-bond donors (Lipinski definition) is 2. The van der Waals surface area contributed by atoms with E-state index < -0.39 is 5.97 Å². The maximum atomic E-state index is 11.9. The molecular formula is C15H21N3O3. The van der Waals surface area contributed by atoms with Gasteiger partial charge in [-0.25, -0.2) is 4.79 Å². The second kappa shape index (κ2) is 6.47. The van der Waals surface area contributed by atoms with Gasteiger partial charge in [-0.15, -0.1) is 0 Å². The van der Waals surface area contributed by atoms with Crippen LogP contribution in [0.2, 0.25) is 0 Å². The van der Waals surface area contributed by atoms with Gasteiger partial charge in [0.1, 0.15) is 0 Å². The molecule has 2 rings (SSSR count). The normalized spacial score (nSPS) is 18.3. The molecule has 0 aromatic heterocycles. The van der Waals surface area contributed by atoms with Crippen molar-refractivity contribution in [1.82, 2.24) is 0 Å². The molecule has 1 heterocycles. The summed E-state index contributed by atoms with van der Waals surface area (Å²) in [5, 5.41) is 0. The third kappa shape index (κ3) is 3.26. The van der Waals surface area contributed by atoms with Gasteiger partial charge in [-0.1, -0.05) is 6.07 Å². The van der Waals surface area contributed by atoms with Crippen LogP contribution in [0.5, 0.6) is 0 Å². The van der Waals surface area contributed by atoms with Crippen LogP contribution in [0.4, 0.5) is 11.4 Å². The fourth-order valence-corrected chi connectivity index (χ4v) is 2.64. The standard InChI is InChI=1S/C15H21N3O3/c1-2-21-15(20)11-6-3-7-12(13(11)16)18-8-4-5-10(9-18)14(17)19/h3,6-7,10H,2,4-5,8-9,16H2,1H3,(H2,17,19). The predicted octanol–water partition coefficient (Wildman–Crippen LogP) is 1.15. The number of nitrogens with zero attached hydrogens (tertiary/aromatic N) is 1. The number of anilines is 2. The number of nitrogens with two attached hydrogens (primary N) is 2. The molecule has 6 heteroatoms. The number of hydrogen-bond acceptors (Lipinski definition) is 5. The number of esters is 1. The van der Waals surface area contributed by atoms with Crippen molar-refractivity contribution in [1.29, 1.82) is 0 Å². The summed E-state index contributed by atoms with van der Waals surface area (Å²) in [6.07, 6.45) is 1.67. The Morgan fingerprint density at radius 2 is 2.19 bits per heavy atom. The van der Waals surface area contributed by atoms with Crippen LogP contribution >= 0.6 is 0 Å². The van der Waals surface area contributed by atoms with E-state index in [9.17, 15) is 9.59 Å². The van der Waals surface area contributed by atoms with Crippen molar-refractivity contribution in [3.05, 3.63) is 23.8 Å². The Hall–Kier alpha value is -2.24. The minimum absolute atomic E-state index is 0.176. The average molecular weight is 291 g/mol. The van der Waals surface area contributed by atoms with Crippen LogP contribution in [-0.4, -0.2) is 31.6 Å². The summed E-state index contributed by atoms with van der Waals surface area (Å²) in [7, 11) is 0. The topological polar surface area (TPSA) is 98.6 Å². The van der Waals surface area contributed by atoms with Gasteiger partial charge >= 0.3 is 5.97 Å². The van der Waals surface area contributed by atoms with Gasteiger partial charge in [-0.05, 0) is 31.9 Å². The number of piperidine rings is 1. The minimum Gasteiger partial charge on any atom is -0.462 e. The summed E-state index contributed by atoms with van der Waals surface area (Å²) in [5.41, 5.74) is 13.0. The summed E-state index contributed by atoms with van der Waals surface area (Å²) in [6, 6.07) is 5.26. The molecule has 1 aromatic rings. The second-order valence-electron chi connectivity index (χ2n) is 5.15. The van der Waals surface area contributed by atoms with Gasteiger partial charge in [0.25, 0.3) is 0 Å². The number of primary amides is 1. The number of amides is 1. The average Bonchev–Trinajstić information content (AvgIpc) is 2.47. The molecule has 1 atom stereocenters. The molecule has 1 aromatic carbocycles. The van der Waals surface area contributed by atoms with Crippen molar-refractivity contribution < 1.29 is 14.3 Å². The van der Waals surface area contributed by atoms with Gasteiger partial charge in [-0.3, -0.25) is 4.79 Å². The number of ether oxygens (including phenoxy) is 1. The highest BCUT2D eigenvalue weighted by molar-refractivity contribution is 5.98. The zero-order chi connectivity index (χ0) is 15.4. The highest BCUT2D eigenvalue weighted by Crippen LogP contribution is 2.30. The molecule has 1 aliphatic rings. The van der Waals surface area contributed by atoms with Crippen LogP contribution in [0.3, 0.4) is 0 Å². The van der Waals surface area contributed by atoms with Gasteiger partial charge in [0.2, 0.25) is 5.91 Å². The van der Waals surface area contributed by atoms with Crippen molar-refractivity contribution in [2.24, 2.45) is 11.7 Å². The van der Waals surface area contributed by atoms with E-state index >= 15 is 0 Å². The lowest BCUT2D eigenvalue weighted by atomic mass is 9.96. The van der Waals surface area contributed by atoms with E-state index in [2.05, 4.69) is 0 Å². The smallest absolute Gasteiger partial charge is 0.340 e. The van der Waals surface area contributed by atoms with Crippen molar-refractivity contribution in [2.45, 2.75) is 19.8 Å². The molecule has 114 valence electrons. The van der Waals surface area contributed by atoms with Crippen LogP contribution in [0, 0.1) is 5.92 Å². The van der Waals surface area contributed by atoms with Gasteiger partial charge in [0.05, 0.1) is 29.5 Å². The van der Waals surface area contributed by atoms with Crippen molar-refractivity contribution in [2.75, 3.05) is 30.3 Å². The maximum absolute atomic E-state index is 11.9. The van der Waals surface area contributed by atoms with E-state index in [1.807, 2.05) is 11.0 Å². The number of nitrogen functional groups attached to an aromatic ring is 1.